The van der Waals surface area contributed by atoms with Crippen LogP contribution in [-0.2, 0) is 27.9 Å². The smallest absolute Gasteiger partial charge is 0.306 e. The van der Waals surface area contributed by atoms with Gasteiger partial charge in [-0.3, -0.25) is 9.36 Å². The van der Waals surface area contributed by atoms with Gasteiger partial charge in [-0.25, -0.2) is 0 Å². The summed E-state index contributed by atoms with van der Waals surface area (Å²) in [6.45, 7) is 5.43. The third-order valence-corrected chi connectivity index (χ3v) is 9.62. The lowest BCUT2D eigenvalue weighted by molar-refractivity contribution is -0.870. The number of hydrogen-bond donors (Lipinski definition) is 0. The molecule has 0 amide bonds. The van der Waals surface area contributed by atoms with E-state index in [9.17, 15) is 14.3 Å². The molecule has 0 aromatic carbocycles. The van der Waals surface area contributed by atoms with E-state index in [0.29, 0.717) is 24.1 Å². The molecule has 9 heteroatoms. The fourth-order valence-electron chi connectivity index (χ4n) is 5.55. The molecule has 47 heavy (non-hydrogen) atoms. The van der Waals surface area contributed by atoms with Gasteiger partial charge in [0.2, 0.25) is 0 Å². The highest BCUT2D eigenvalue weighted by atomic mass is 31.2. The lowest BCUT2D eigenvalue weighted by Crippen LogP contribution is -2.37. The number of ether oxygens (including phenoxy) is 2. The van der Waals surface area contributed by atoms with Crippen molar-refractivity contribution in [3.8, 4) is 0 Å². The highest BCUT2D eigenvalue weighted by Gasteiger charge is 2.20. The quantitative estimate of drug-likeness (QED) is 0.0277. The number of unbranched alkanes of at least 4 members (excludes halogenated alkanes) is 23. The first-order valence-electron chi connectivity index (χ1n) is 19.8. The Kier molecular flexibility index (Phi) is 32.3. The second-order valence-corrected chi connectivity index (χ2v) is 16.1. The fraction of sp³-hybridized carbons (Fsp3) is 0.974. The molecule has 8 nitrogen and oxygen atoms in total. The Labute approximate surface area is 291 Å². The summed E-state index contributed by atoms with van der Waals surface area (Å²) in [5, 5.41) is 0. The number of esters is 1. The van der Waals surface area contributed by atoms with Gasteiger partial charge in [0.25, 0.3) is 7.82 Å². The Bertz CT molecular complexity index is 731. The summed E-state index contributed by atoms with van der Waals surface area (Å²) in [6.07, 6.45) is 31.0. The first-order chi connectivity index (χ1) is 22.6. The predicted molar refractivity (Wildman–Crippen MR) is 194 cm³/mol. The van der Waals surface area contributed by atoms with E-state index >= 15 is 0 Å². The number of hydrogen-bond acceptors (Lipinski definition) is 7. The molecule has 0 radical (unpaired) electrons. The molecular formula is C38H78NO7P. The highest BCUT2D eigenvalue weighted by molar-refractivity contribution is 7.45. The van der Waals surface area contributed by atoms with Gasteiger partial charge in [-0.05, 0) is 12.8 Å². The summed E-state index contributed by atoms with van der Waals surface area (Å²) in [5.74, 6) is -0.331. The van der Waals surface area contributed by atoms with Crippen LogP contribution >= 0.6 is 7.82 Å². The van der Waals surface area contributed by atoms with Crippen LogP contribution in [0.1, 0.15) is 181 Å². The molecule has 0 heterocycles. The van der Waals surface area contributed by atoms with Crippen molar-refractivity contribution in [1.29, 1.82) is 0 Å². The molecule has 2 unspecified atom stereocenters. The number of nitrogens with zero attached hydrogens (tertiary/aromatic N) is 1. The van der Waals surface area contributed by atoms with Gasteiger partial charge in [0.1, 0.15) is 19.3 Å². The van der Waals surface area contributed by atoms with Crippen molar-refractivity contribution in [3.63, 3.8) is 0 Å². The SMILES string of the molecule is CCCCCCCCCCCCCCCCCC(=O)OC(COCCCCCCCCCCCC)COP(=O)([O-])OCC[N+](C)(C)C. The molecule has 0 fully saturated rings. The standard InChI is InChI=1S/C38H78NO7P/c1-6-8-10-12-14-16-18-19-20-21-22-23-25-27-29-31-38(40)46-37(36-45-47(41,42)44-34-32-39(3,4)5)35-43-33-30-28-26-24-17-15-13-11-9-7-2/h37H,6-36H2,1-5H3. The molecule has 0 aromatic rings. The van der Waals surface area contributed by atoms with Gasteiger partial charge < -0.3 is 27.9 Å². The number of carbonyl (C=O) groups is 1. The molecule has 0 saturated carbocycles. The maximum absolute atomic E-state index is 12.6. The summed E-state index contributed by atoms with van der Waals surface area (Å²) in [4.78, 5) is 24.9. The molecule has 0 aliphatic carbocycles. The van der Waals surface area contributed by atoms with Crippen molar-refractivity contribution in [3.05, 3.63) is 0 Å². The largest absolute Gasteiger partial charge is 0.756 e. The van der Waals surface area contributed by atoms with E-state index in [1.807, 2.05) is 21.1 Å². The average Bonchev–Trinajstić information content (AvgIpc) is 3.01. The zero-order valence-electron chi connectivity index (χ0n) is 31.7. The lowest BCUT2D eigenvalue weighted by Gasteiger charge is -2.28. The van der Waals surface area contributed by atoms with Crippen LogP contribution in [-0.4, -0.2) is 70.7 Å². The molecule has 0 N–H and O–H groups in total. The second kappa shape index (κ2) is 32.7. The summed E-state index contributed by atoms with van der Waals surface area (Å²) in [6, 6.07) is 0. The van der Waals surface area contributed by atoms with E-state index in [1.165, 1.54) is 128 Å². The normalized spacial score (nSPS) is 13.9. The Morgan fingerprint density at radius 3 is 1.40 bits per heavy atom. The second-order valence-electron chi connectivity index (χ2n) is 14.7. The number of quaternary nitrogens is 1. The van der Waals surface area contributed by atoms with E-state index in [1.54, 1.807) is 0 Å². The maximum Gasteiger partial charge on any atom is 0.306 e. The van der Waals surface area contributed by atoms with Crippen molar-refractivity contribution >= 4 is 13.8 Å². The van der Waals surface area contributed by atoms with E-state index < -0.39 is 13.9 Å². The highest BCUT2D eigenvalue weighted by Crippen LogP contribution is 2.38. The maximum atomic E-state index is 12.6. The third kappa shape index (κ3) is 36.6. The van der Waals surface area contributed by atoms with Gasteiger partial charge in [-0.1, -0.05) is 162 Å². The summed E-state index contributed by atoms with van der Waals surface area (Å²) >= 11 is 0. The predicted octanol–water partition coefficient (Wildman–Crippen LogP) is 10.3. The van der Waals surface area contributed by atoms with Crippen molar-refractivity contribution in [2.24, 2.45) is 0 Å². The molecule has 0 saturated heterocycles. The van der Waals surface area contributed by atoms with Gasteiger partial charge in [0.05, 0.1) is 34.4 Å². The number of rotatable bonds is 37. The Morgan fingerprint density at radius 2 is 0.979 bits per heavy atom. The van der Waals surface area contributed by atoms with Crippen LogP contribution in [0.2, 0.25) is 0 Å². The Balaban J connectivity index is 4.23. The van der Waals surface area contributed by atoms with Crippen LogP contribution in [0.5, 0.6) is 0 Å². The summed E-state index contributed by atoms with van der Waals surface area (Å²) in [7, 11) is 1.37. The summed E-state index contributed by atoms with van der Waals surface area (Å²) < 4.78 is 34.4. The van der Waals surface area contributed by atoms with Crippen LogP contribution in [0.4, 0.5) is 0 Å². The fourth-order valence-corrected chi connectivity index (χ4v) is 6.27. The lowest BCUT2D eigenvalue weighted by atomic mass is 10.0. The van der Waals surface area contributed by atoms with Gasteiger partial charge in [0.15, 0.2) is 0 Å². The molecule has 0 spiro atoms. The molecule has 0 aromatic heterocycles. The van der Waals surface area contributed by atoms with Gasteiger partial charge in [-0.2, -0.15) is 0 Å². The van der Waals surface area contributed by atoms with Crippen molar-refractivity contribution < 1.29 is 37.3 Å². The molecule has 282 valence electrons. The van der Waals surface area contributed by atoms with Gasteiger partial charge in [0, 0.05) is 13.0 Å². The van der Waals surface area contributed by atoms with Gasteiger partial charge in [-0.15, -0.1) is 0 Å². The van der Waals surface area contributed by atoms with Crippen LogP contribution in [0.25, 0.3) is 0 Å². The molecule has 0 bridgehead atoms. The minimum atomic E-state index is -4.51. The molecule has 2 atom stereocenters. The summed E-state index contributed by atoms with van der Waals surface area (Å²) in [5.41, 5.74) is 0. The number of phosphoric acid groups is 1. The van der Waals surface area contributed by atoms with E-state index in [-0.39, 0.29) is 25.8 Å². The zero-order valence-corrected chi connectivity index (χ0v) is 32.6. The first kappa shape index (κ1) is 46.5. The monoisotopic (exact) mass is 692 g/mol. The van der Waals surface area contributed by atoms with E-state index in [4.69, 9.17) is 18.5 Å². The first-order valence-corrected chi connectivity index (χ1v) is 21.2. The molecular weight excluding hydrogens is 613 g/mol. The minimum Gasteiger partial charge on any atom is -0.756 e. The zero-order chi connectivity index (χ0) is 34.9. The van der Waals surface area contributed by atoms with Crippen molar-refractivity contribution in [2.45, 2.75) is 187 Å². The van der Waals surface area contributed by atoms with Crippen molar-refractivity contribution in [1.82, 2.24) is 0 Å². The molecule has 0 rings (SSSR count). The van der Waals surface area contributed by atoms with E-state index in [0.717, 1.165) is 32.1 Å². The van der Waals surface area contributed by atoms with E-state index in [2.05, 4.69) is 13.8 Å². The van der Waals surface area contributed by atoms with Gasteiger partial charge >= 0.3 is 5.97 Å². The van der Waals surface area contributed by atoms with Crippen LogP contribution in [0, 0.1) is 0 Å². The Morgan fingerprint density at radius 1 is 0.574 bits per heavy atom. The van der Waals surface area contributed by atoms with Crippen molar-refractivity contribution in [2.75, 3.05) is 54.1 Å². The number of phosphoric ester groups is 1. The van der Waals surface area contributed by atoms with Crippen LogP contribution in [0.15, 0.2) is 0 Å². The number of likely N-dealkylation sites (N-methyl/N-ethyl adjacent to an activating group) is 1. The Hall–Kier alpha value is -0.500. The molecule has 0 aliphatic heterocycles. The third-order valence-electron chi connectivity index (χ3n) is 8.66. The average molecular weight is 692 g/mol. The minimum absolute atomic E-state index is 0.0309. The van der Waals surface area contributed by atoms with Crippen LogP contribution < -0.4 is 4.89 Å². The topological polar surface area (TPSA) is 94.1 Å². The molecule has 0 aliphatic rings. The van der Waals surface area contributed by atoms with Crippen LogP contribution in [0.3, 0.4) is 0 Å². The number of carbonyl (C=O) groups excluding carboxylic acids is 1.